The Balaban J connectivity index is 0.000000566. The maximum atomic E-state index is 13.0. The normalized spacial score (nSPS) is 19.3. The van der Waals surface area contributed by atoms with Crippen molar-refractivity contribution in [3.63, 3.8) is 0 Å². The molecule has 238 valence electrons. The van der Waals surface area contributed by atoms with Crippen LogP contribution >= 0.6 is 0 Å². The van der Waals surface area contributed by atoms with E-state index in [0.29, 0.717) is 37.6 Å². The Morgan fingerprint density at radius 1 is 1.02 bits per heavy atom. The summed E-state index contributed by atoms with van der Waals surface area (Å²) in [5.74, 6) is -3.26. The van der Waals surface area contributed by atoms with Crippen LogP contribution in [0, 0.1) is 0 Å². The van der Waals surface area contributed by atoms with Crippen molar-refractivity contribution < 1.29 is 64.1 Å². The van der Waals surface area contributed by atoms with Crippen molar-refractivity contribution in [3.8, 4) is 11.6 Å². The van der Waals surface area contributed by atoms with Crippen LogP contribution in [0.15, 0.2) is 30.7 Å². The molecule has 0 aromatic carbocycles. The highest BCUT2D eigenvalue weighted by molar-refractivity contribution is 6.12. The smallest absolute Gasteiger partial charge is 0.489 e. The van der Waals surface area contributed by atoms with Gasteiger partial charge in [-0.15, -0.1) is 5.10 Å². The molecule has 1 saturated carbocycles. The van der Waals surface area contributed by atoms with Crippen LogP contribution in [0.2, 0.25) is 0 Å². The highest BCUT2D eigenvalue weighted by Crippen LogP contribution is 2.34. The summed E-state index contributed by atoms with van der Waals surface area (Å²) in [6.07, 6.45) is -5.08. The summed E-state index contributed by atoms with van der Waals surface area (Å²) in [5.41, 5.74) is -0.874. The first-order valence-corrected chi connectivity index (χ1v) is 12.5. The van der Waals surface area contributed by atoms with Crippen LogP contribution in [0.5, 0.6) is 11.6 Å². The van der Waals surface area contributed by atoms with Crippen LogP contribution in [0.3, 0.4) is 0 Å². The number of pyridine rings is 2. The van der Waals surface area contributed by atoms with Gasteiger partial charge in [-0.05, 0) is 37.8 Å². The van der Waals surface area contributed by atoms with Crippen molar-refractivity contribution in [3.05, 3.63) is 36.3 Å². The number of fused-ring (bicyclic) bond motifs is 1. The lowest BCUT2D eigenvalue weighted by atomic mass is 9.92. The maximum absolute atomic E-state index is 13.0. The molecule has 1 aliphatic heterocycles. The van der Waals surface area contributed by atoms with E-state index in [2.05, 4.69) is 24.9 Å². The number of carbonyl (C=O) groups excluding carboxylic acids is 2. The van der Waals surface area contributed by atoms with Gasteiger partial charge in [0, 0.05) is 12.2 Å². The zero-order valence-corrected chi connectivity index (χ0v) is 21.9. The minimum absolute atomic E-state index is 0.106. The second kappa shape index (κ2) is 12.4. The quantitative estimate of drug-likeness (QED) is 0.287. The molecule has 3 amide bonds. The molecule has 0 atom stereocenters. The number of aliphatic carboxylic acids is 1. The molecule has 44 heavy (non-hydrogen) atoms. The van der Waals surface area contributed by atoms with Crippen molar-refractivity contribution in [2.45, 2.75) is 56.8 Å². The summed E-state index contributed by atoms with van der Waals surface area (Å²) >= 11 is 0. The summed E-state index contributed by atoms with van der Waals surface area (Å²) in [7, 11) is 0. The van der Waals surface area contributed by atoms with E-state index in [0.717, 1.165) is 22.1 Å². The fourth-order valence-corrected chi connectivity index (χ4v) is 4.52. The lowest BCUT2D eigenvalue weighted by molar-refractivity contribution is -0.192. The average Bonchev–Trinajstić information content (AvgIpc) is 3.47. The molecular weight excluding hydrogens is 620 g/mol. The molecule has 2 fully saturated rings. The number of amides is 3. The minimum Gasteiger partial charge on any atom is -0.489 e. The standard InChI is InChI=1S/C22H19F5N6O4.C2HF3O2/c23-20(24)37-19-16-6-15(9-29-18(16)30-31-19)36-14-3-1-12(2-4-14)33-17(34)10-32(21(33)35)13-5-11(7-28-8-13)22(25,26)27;3-2(4,5)1(6)7/h5-9,12,14,20H,1-4,10H2,(H,29,30,31);(H,6,7). The molecule has 1 saturated heterocycles. The molecule has 5 rings (SSSR count). The number of aromatic amines is 1. The number of carbonyl (C=O) groups is 3. The van der Waals surface area contributed by atoms with Crippen LogP contribution in [-0.2, 0) is 15.8 Å². The topological polar surface area (TPSA) is 151 Å². The fourth-order valence-electron chi connectivity index (χ4n) is 4.52. The number of nitrogens with zero attached hydrogens (tertiary/aromatic N) is 5. The van der Waals surface area contributed by atoms with Crippen LogP contribution < -0.4 is 14.4 Å². The number of urea groups is 1. The maximum Gasteiger partial charge on any atom is 0.490 e. The van der Waals surface area contributed by atoms with Crippen LogP contribution in [-0.4, -0.2) is 79.6 Å². The van der Waals surface area contributed by atoms with Crippen molar-refractivity contribution in [2.24, 2.45) is 0 Å². The molecule has 4 heterocycles. The first-order chi connectivity index (χ1) is 20.5. The fraction of sp³-hybridized carbons (Fsp3) is 0.417. The highest BCUT2D eigenvalue weighted by atomic mass is 19.4. The van der Waals surface area contributed by atoms with E-state index < -0.39 is 48.5 Å². The van der Waals surface area contributed by atoms with Gasteiger partial charge in [0.05, 0.1) is 35.1 Å². The Kier molecular flexibility index (Phi) is 9.09. The Morgan fingerprint density at radius 3 is 2.27 bits per heavy atom. The van der Waals surface area contributed by atoms with E-state index in [1.807, 2.05) is 0 Å². The van der Waals surface area contributed by atoms with Gasteiger partial charge < -0.3 is 14.6 Å². The number of imide groups is 1. The van der Waals surface area contributed by atoms with Crippen molar-refractivity contribution in [1.82, 2.24) is 25.1 Å². The number of aromatic nitrogens is 4. The second-order valence-corrected chi connectivity index (χ2v) is 9.39. The van der Waals surface area contributed by atoms with Crippen LogP contribution in [0.1, 0.15) is 31.2 Å². The van der Waals surface area contributed by atoms with Gasteiger partial charge in [0.25, 0.3) is 5.91 Å². The van der Waals surface area contributed by atoms with Gasteiger partial charge in [0.15, 0.2) is 5.65 Å². The number of H-pyrrole nitrogens is 1. The molecular formula is C24H20F8N6O6. The zero-order chi connectivity index (χ0) is 32.4. The highest BCUT2D eigenvalue weighted by Gasteiger charge is 2.43. The van der Waals surface area contributed by atoms with E-state index in [1.54, 1.807) is 0 Å². The van der Waals surface area contributed by atoms with E-state index in [4.69, 9.17) is 14.6 Å². The van der Waals surface area contributed by atoms with Crippen molar-refractivity contribution in [2.75, 3.05) is 11.4 Å². The summed E-state index contributed by atoms with van der Waals surface area (Å²) in [6.45, 7) is -3.43. The third-order valence-corrected chi connectivity index (χ3v) is 6.47. The van der Waals surface area contributed by atoms with E-state index >= 15 is 0 Å². The van der Waals surface area contributed by atoms with E-state index in [-0.39, 0.29) is 35.2 Å². The molecule has 3 aromatic rings. The largest absolute Gasteiger partial charge is 0.490 e. The number of rotatable bonds is 6. The molecule has 0 radical (unpaired) electrons. The third-order valence-electron chi connectivity index (χ3n) is 6.47. The Hall–Kier alpha value is -4.78. The number of nitrogens with one attached hydrogen (secondary N) is 1. The van der Waals surface area contributed by atoms with E-state index in [1.165, 1.54) is 12.3 Å². The monoisotopic (exact) mass is 640 g/mol. The van der Waals surface area contributed by atoms with Gasteiger partial charge in [-0.1, -0.05) is 0 Å². The number of carboxylic acid groups (broad SMARTS) is 1. The van der Waals surface area contributed by atoms with Crippen LogP contribution in [0.25, 0.3) is 11.0 Å². The molecule has 2 aliphatic rings. The van der Waals surface area contributed by atoms with Gasteiger partial charge in [0.2, 0.25) is 5.88 Å². The van der Waals surface area contributed by atoms with Gasteiger partial charge in [-0.3, -0.25) is 24.7 Å². The van der Waals surface area contributed by atoms with Crippen LogP contribution in [0.4, 0.5) is 45.6 Å². The number of alkyl halides is 8. The lowest BCUT2D eigenvalue weighted by Gasteiger charge is -2.33. The van der Waals surface area contributed by atoms with Gasteiger partial charge in [-0.25, -0.2) is 14.6 Å². The zero-order valence-electron chi connectivity index (χ0n) is 21.9. The van der Waals surface area contributed by atoms with Gasteiger partial charge >= 0.3 is 31.0 Å². The predicted molar refractivity (Wildman–Crippen MR) is 130 cm³/mol. The molecule has 3 aromatic heterocycles. The Labute approximate surface area is 240 Å². The summed E-state index contributed by atoms with van der Waals surface area (Å²) in [5, 5.41) is 13.5. The first-order valence-electron chi connectivity index (χ1n) is 12.5. The summed E-state index contributed by atoms with van der Waals surface area (Å²) < 4.78 is 106. The number of ether oxygens (including phenoxy) is 2. The van der Waals surface area contributed by atoms with Crippen molar-refractivity contribution in [1.29, 1.82) is 0 Å². The Morgan fingerprint density at radius 2 is 1.68 bits per heavy atom. The van der Waals surface area contributed by atoms with Crippen molar-refractivity contribution >= 4 is 34.6 Å². The molecule has 20 heteroatoms. The molecule has 12 nitrogen and oxygen atoms in total. The molecule has 0 bridgehead atoms. The number of halogens is 8. The second-order valence-electron chi connectivity index (χ2n) is 9.39. The summed E-state index contributed by atoms with van der Waals surface area (Å²) in [4.78, 5) is 44.2. The summed E-state index contributed by atoms with van der Waals surface area (Å²) in [6, 6.07) is 1.12. The number of hydrogen-bond acceptors (Lipinski definition) is 8. The van der Waals surface area contributed by atoms with E-state index in [9.17, 15) is 44.7 Å². The predicted octanol–water partition coefficient (Wildman–Crippen LogP) is 4.77. The first kappa shape index (κ1) is 32.1. The van der Waals surface area contributed by atoms with Gasteiger partial charge in [-0.2, -0.15) is 35.1 Å². The third kappa shape index (κ3) is 7.40. The average molecular weight is 640 g/mol. The molecule has 1 aliphatic carbocycles. The molecule has 0 unspecified atom stereocenters. The number of hydrogen-bond donors (Lipinski definition) is 2. The molecule has 0 spiro atoms. The van der Waals surface area contributed by atoms with Gasteiger partial charge in [0.1, 0.15) is 12.3 Å². The lowest BCUT2D eigenvalue weighted by Crippen LogP contribution is -2.44. The SMILES string of the molecule is O=C(O)C(F)(F)F.O=C1CN(c2cncc(C(F)(F)F)c2)C(=O)N1C1CCC(Oc2cnc3[nH]nc(OC(F)F)c3c2)CC1. The number of carboxylic acids is 1. The number of anilines is 1. The Bertz CT molecular complexity index is 1520. The molecule has 2 N–H and O–H groups in total. The minimum atomic E-state index is -5.08.